The van der Waals surface area contributed by atoms with Gasteiger partial charge in [-0.05, 0) is 60.5 Å². The first kappa shape index (κ1) is 26.7. The van der Waals surface area contributed by atoms with Crippen LogP contribution in [0.1, 0.15) is 11.1 Å². The van der Waals surface area contributed by atoms with E-state index in [2.05, 4.69) is 55.4 Å². The molecule has 5 rings (SSSR count). The lowest BCUT2D eigenvalue weighted by Crippen LogP contribution is -2.46. The first-order valence-corrected chi connectivity index (χ1v) is 13.6. The smallest absolute Gasteiger partial charge is 0.257 e. The first-order valence-electron chi connectivity index (χ1n) is 13.2. The largest absolute Gasteiger partial charge is 0.483 e. The van der Waals surface area contributed by atoms with Crippen molar-refractivity contribution in [2.24, 2.45) is 0 Å². The molecule has 0 radical (unpaired) electrons. The van der Waals surface area contributed by atoms with Gasteiger partial charge in [-0.15, -0.1) is 0 Å². The number of rotatable bonds is 10. The number of nitrogens with one attached hydrogen (secondary N) is 1. The van der Waals surface area contributed by atoms with E-state index in [4.69, 9.17) is 16.3 Å². The molecule has 0 unspecified atom stereocenters. The van der Waals surface area contributed by atoms with Crippen molar-refractivity contribution in [2.45, 2.75) is 13.0 Å². The van der Waals surface area contributed by atoms with E-state index in [0.29, 0.717) is 29.6 Å². The average Bonchev–Trinajstić information content (AvgIpc) is 2.98. The summed E-state index contributed by atoms with van der Waals surface area (Å²) < 4.78 is 6.03. The standard InChI is InChI=1S/C31H32ClN5O2/c32-27-7-4-6-24(20-27)12-15-33-30(38)23-39-29-11-10-25(31-34-13-5-14-35-31)21-26(29)22-36-16-18-37(19-17-36)28-8-2-1-3-9-28/h1-11,13-14,20-21H,12,15-19,22-23H2,(H,33,38). The summed E-state index contributed by atoms with van der Waals surface area (Å²) in [5.74, 6) is 1.21. The fourth-order valence-corrected chi connectivity index (χ4v) is 4.92. The van der Waals surface area contributed by atoms with Gasteiger partial charge in [0, 0.05) is 73.5 Å². The van der Waals surface area contributed by atoms with Crippen LogP contribution >= 0.6 is 11.6 Å². The van der Waals surface area contributed by atoms with Crippen LogP contribution in [0.25, 0.3) is 11.4 Å². The number of anilines is 1. The van der Waals surface area contributed by atoms with Crippen molar-refractivity contribution in [3.05, 3.63) is 107 Å². The molecule has 3 aromatic carbocycles. The van der Waals surface area contributed by atoms with Crippen LogP contribution in [-0.4, -0.2) is 60.1 Å². The second kappa shape index (κ2) is 13.2. The van der Waals surface area contributed by atoms with Gasteiger partial charge in [-0.25, -0.2) is 9.97 Å². The molecule has 1 fully saturated rings. The Morgan fingerprint density at radius 3 is 2.46 bits per heavy atom. The zero-order valence-electron chi connectivity index (χ0n) is 21.8. The molecule has 0 saturated carbocycles. The predicted octanol–water partition coefficient (Wildman–Crippen LogP) is 4.86. The minimum absolute atomic E-state index is 0.0501. The maximum atomic E-state index is 12.5. The summed E-state index contributed by atoms with van der Waals surface area (Å²) in [6.45, 7) is 4.97. The molecule has 1 saturated heterocycles. The van der Waals surface area contributed by atoms with E-state index in [1.807, 2.05) is 42.5 Å². The molecular formula is C31H32ClN5O2. The summed E-state index contributed by atoms with van der Waals surface area (Å²) in [5, 5.41) is 3.63. The minimum atomic E-state index is -0.157. The fraction of sp³-hybridized carbons (Fsp3) is 0.258. The predicted molar refractivity (Wildman–Crippen MR) is 155 cm³/mol. The van der Waals surface area contributed by atoms with E-state index in [1.54, 1.807) is 18.5 Å². The van der Waals surface area contributed by atoms with Crippen LogP contribution in [0.2, 0.25) is 5.02 Å². The van der Waals surface area contributed by atoms with Gasteiger partial charge in [0.25, 0.3) is 5.91 Å². The number of ether oxygens (including phenoxy) is 1. The number of halogens is 1. The Labute approximate surface area is 234 Å². The Kier molecular flexibility index (Phi) is 9.04. The highest BCUT2D eigenvalue weighted by Gasteiger charge is 2.19. The summed E-state index contributed by atoms with van der Waals surface area (Å²) in [5.41, 5.74) is 4.27. The molecule has 0 atom stereocenters. The number of benzene rings is 3. The van der Waals surface area contributed by atoms with Crippen molar-refractivity contribution in [3.8, 4) is 17.1 Å². The van der Waals surface area contributed by atoms with Crippen LogP contribution in [0.15, 0.2) is 91.3 Å². The number of carbonyl (C=O) groups excluding carboxylic acids is 1. The summed E-state index contributed by atoms with van der Waals surface area (Å²) in [4.78, 5) is 26.2. The SMILES string of the molecule is O=C(COc1ccc(-c2ncccn2)cc1CN1CCN(c2ccccc2)CC1)NCCc1cccc(Cl)c1. The number of hydrogen-bond donors (Lipinski definition) is 1. The molecule has 200 valence electrons. The Balaban J connectivity index is 1.21. The van der Waals surface area contributed by atoms with Gasteiger partial charge >= 0.3 is 0 Å². The van der Waals surface area contributed by atoms with Crippen LogP contribution < -0.4 is 15.0 Å². The number of piperazine rings is 1. The van der Waals surface area contributed by atoms with E-state index in [1.165, 1.54) is 5.69 Å². The lowest BCUT2D eigenvalue weighted by molar-refractivity contribution is -0.123. The van der Waals surface area contributed by atoms with Gasteiger partial charge in [0.1, 0.15) is 5.75 Å². The average molecular weight is 542 g/mol. The van der Waals surface area contributed by atoms with E-state index in [0.717, 1.165) is 49.4 Å². The fourth-order valence-electron chi connectivity index (χ4n) is 4.71. The van der Waals surface area contributed by atoms with Crippen molar-refractivity contribution in [1.82, 2.24) is 20.2 Å². The number of para-hydroxylation sites is 1. The second-order valence-corrected chi connectivity index (χ2v) is 9.95. The van der Waals surface area contributed by atoms with E-state index >= 15 is 0 Å². The van der Waals surface area contributed by atoms with Crippen LogP contribution in [0.5, 0.6) is 5.75 Å². The van der Waals surface area contributed by atoms with Crippen LogP contribution in [-0.2, 0) is 17.8 Å². The van der Waals surface area contributed by atoms with Crippen molar-refractivity contribution in [2.75, 3.05) is 44.2 Å². The summed E-state index contributed by atoms with van der Waals surface area (Å²) in [6.07, 6.45) is 4.18. The number of aromatic nitrogens is 2. The van der Waals surface area contributed by atoms with E-state index in [-0.39, 0.29) is 12.5 Å². The maximum absolute atomic E-state index is 12.5. The van der Waals surface area contributed by atoms with Crippen LogP contribution in [0.3, 0.4) is 0 Å². The third kappa shape index (κ3) is 7.56. The quantitative estimate of drug-likeness (QED) is 0.309. The zero-order valence-corrected chi connectivity index (χ0v) is 22.6. The molecule has 1 amide bonds. The lowest BCUT2D eigenvalue weighted by Gasteiger charge is -2.36. The molecule has 1 aliphatic rings. The third-order valence-corrected chi connectivity index (χ3v) is 6.99. The van der Waals surface area contributed by atoms with Crippen molar-refractivity contribution >= 4 is 23.2 Å². The highest BCUT2D eigenvalue weighted by molar-refractivity contribution is 6.30. The molecule has 2 heterocycles. The lowest BCUT2D eigenvalue weighted by atomic mass is 10.1. The summed E-state index contributed by atoms with van der Waals surface area (Å²) in [7, 11) is 0. The number of nitrogens with zero attached hydrogens (tertiary/aromatic N) is 4. The summed E-state index contributed by atoms with van der Waals surface area (Å²) >= 11 is 6.05. The van der Waals surface area contributed by atoms with Crippen molar-refractivity contribution in [1.29, 1.82) is 0 Å². The highest BCUT2D eigenvalue weighted by Crippen LogP contribution is 2.27. The van der Waals surface area contributed by atoms with Gasteiger partial charge < -0.3 is 15.0 Å². The van der Waals surface area contributed by atoms with E-state index < -0.39 is 0 Å². The number of hydrogen-bond acceptors (Lipinski definition) is 6. The molecule has 0 aliphatic carbocycles. The van der Waals surface area contributed by atoms with Crippen LogP contribution in [0.4, 0.5) is 5.69 Å². The van der Waals surface area contributed by atoms with E-state index in [9.17, 15) is 4.79 Å². The summed E-state index contributed by atoms with van der Waals surface area (Å²) in [6, 6.07) is 25.9. The van der Waals surface area contributed by atoms with Crippen molar-refractivity contribution < 1.29 is 9.53 Å². The Hall–Kier alpha value is -3.94. The number of carbonyl (C=O) groups is 1. The molecule has 1 N–H and O–H groups in total. The van der Waals surface area contributed by atoms with Crippen molar-refractivity contribution in [3.63, 3.8) is 0 Å². The normalized spacial score (nSPS) is 13.7. The monoisotopic (exact) mass is 541 g/mol. The molecule has 1 aliphatic heterocycles. The molecule has 0 spiro atoms. The highest BCUT2D eigenvalue weighted by atomic mass is 35.5. The Bertz CT molecular complexity index is 1360. The molecule has 4 aromatic rings. The maximum Gasteiger partial charge on any atom is 0.257 e. The van der Waals surface area contributed by atoms with Gasteiger partial charge in [0.05, 0.1) is 0 Å². The topological polar surface area (TPSA) is 70.6 Å². The Morgan fingerprint density at radius 2 is 1.69 bits per heavy atom. The van der Waals surface area contributed by atoms with Crippen LogP contribution in [0, 0.1) is 0 Å². The van der Waals surface area contributed by atoms with Gasteiger partial charge in [-0.3, -0.25) is 9.69 Å². The van der Waals surface area contributed by atoms with Gasteiger partial charge in [0.2, 0.25) is 0 Å². The van der Waals surface area contributed by atoms with Gasteiger partial charge in [-0.2, -0.15) is 0 Å². The Morgan fingerprint density at radius 1 is 0.897 bits per heavy atom. The molecule has 39 heavy (non-hydrogen) atoms. The van der Waals surface area contributed by atoms with Gasteiger partial charge in [0.15, 0.2) is 12.4 Å². The minimum Gasteiger partial charge on any atom is -0.483 e. The molecule has 7 nitrogen and oxygen atoms in total. The molecule has 1 aromatic heterocycles. The molecule has 0 bridgehead atoms. The number of amides is 1. The second-order valence-electron chi connectivity index (χ2n) is 9.51. The third-order valence-electron chi connectivity index (χ3n) is 6.76. The first-order chi connectivity index (χ1) is 19.1. The molecule has 8 heteroatoms. The molecular weight excluding hydrogens is 510 g/mol. The zero-order chi connectivity index (χ0) is 26.9. The van der Waals surface area contributed by atoms with Gasteiger partial charge in [-0.1, -0.05) is 41.9 Å².